The molecule has 29 heavy (non-hydrogen) atoms. The van der Waals surface area contributed by atoms with E-state index in [1.165, 1.54) is 18.2 Å². The van der Waals surface area contributed by atoms with Crippen LogP contribution in [0.2, 0.25) is 0 Å². The first kappa shape index (κ1) is 18.9. The van der Waals surface area contributed by atoms with Gasteiger partial charge in [0.25, 0.3) is 11.8 Å². The van der Waals surface area contributed by atoms with E-state index in [1.807, 2.05) is 0 Å². The molecule has 2 fully saturated rings. The first-order chi connectivity index (χ1) is 13.9. The normalized spacial score (nSPS) is 19.4. The van der Waals surface area contributed by atoms with Crippen molar-refractivity contribution in [2.45, 2.75) is 31.2 Å². The third kappa shape index (κ3) is 3.53. The standard InChI is InChI=1S/C19H19N3O7/c23-13(11-3-4-14-12(7-11)20-15(24)10-28-14)9-29-16(25)8-22-17(26)19(21-18(22)27)5-1-2-6-19/h3-4,7H,1-2,5-6,8-10H2,(H,20,24)(H,21,27). The monoisotopic (exact) mass is 401 g/mol. The first-order valence-electron chi connectivity index (χ1n) is 9.28. The molecule has 1 saturated carbocycles. The minimum Gasteiger partial charge on any atom is -0.482 e. The molecule has 10 heteroatoms. The number of hydrogen-bond donors (Lipinski definition) is 2. The van der Waals surface area contributed by atoms with Crippen molar-refractivity contribution in [1.82, 2.24) is 10.2 Å². The minimum atomic E-state index is -0.900. The van der Waals surface area contributed by atoms with Crippen molar-refractivity contribution in [1.29, 1.82) is 0 Å². The van der Waals surface area contributed by atoms with E-state index in [0.717, 1.165) is 17.7 Å². The average Bonchev–Trinajstić information content (AvgIpc) is 3.26. The van der Waals surface area contributed by atoms with Crippen LogP contribution in [-0.2, 0) is 19.1 Å². The highest BCUT2D eigenvalue weighted by atomic mass is 16.5. The lowest BCUT2D eigenvalue weighted by molar-refractivity contribution is -0.146. The molecule has 1 aliphatic carbocycles. The number of amides is 4. The quantitative estimate of drug-likeness (QED) is 0.420. The number of hydrogen-bond acceptors (Lipinski definition) is 7. The van der Waals surface area contributed by atoms with Crippen LogP contribution in [0.15, 0.2) is 18.2 Å². The van der Waals surface area contributed by atoms with Gasteiger partial charge in [0.05, 0.1) is 5.69 Å². The highest BCUT2D eigenvalue weighted by molar-refractivity contribution is 6.09. The van der Waals surface area contributed by atoms with Gasteiger partial charge in [-0.2, -0.15) is 0 Å². The highest BCUT2D eigenvalue weighted by Crippen LogP contribution is 2.35. The van der Waals surface area contributed by atoms with Crippen LogP contribution in [0.1, 0.15) is 36.0 Å². The summed E-state index contributed by atoms with van der Waals surface area (Å²) in [7, 11) is 0. The predicted octanol–water partition coefficient (Wildman–Crippen LogP) is 0.608. The average molecular weight is 401 g/mol. The molecule has 4 amide bonds. The van der Waals surface area contributed by atoms with Gasteiger partial charge in [-0.3, -0.25) is 24.1 Å². The maximum absolute atomic E-state index is 12.5. The van der Waals surface area contributed by atoms with Crippen LogP contribution < -0.4 is 15.4 Å². The summed E-state index contributed by atoms with van der Waals surface area (Å²) in [6.45, 7) is -1.20. The molecule has 0 unspecified atom stereocenters. The second-order valence-corrected chi connectivity index (χ2v) is 7.24. The number of imide groups is 1. The Bertz CT molecular complexity index is 920. The number of carbonyl (C=O) groups excluding carboxylic acids is 5. The lowest BCUT2D eigenvalue weighted by Crippen LogP contribution is -2.44. The number of ether oxygens (including phenoxy) is 2. The Morgan fingerprint density at radius 3 is 2.69 bits per heavy atom. The second-order valence-electron chi connectivity index (χ2n) is 7.24. The smallest absolute Gasteiger partial charge is 0.326 e. The summed E-state index contributed by atoms with van der Waals surface area (Å²) in [5.74, 6) is -1.66. The second kappa shape index (κ2) is 7.19. The highest BCUT2D eigenvalue weighted by Gasteiger charge is 2.52. The summed E-state index contributed by atoms with van der Waals surface area (Å²) in [5, 5.41) is 5.26. The molecule has 10 nitrogen and oxygen atoms in total. The number of rotatable bonds is 5. The predicted molar refractivity (Wildman–Crippen MR) is 97.3 cm³/mol. The van der Waals surface area contributed by atoms with Gasteiger partial charge in [0.1, 0.15) is 17.8 Å². The van der Waals surface area contributed by atoms with Gasteiger partial charge >= 0.3 is 12.0 Å². The number of fused-ring (bicyclic) bond motifs is 1. The zero-order chi connectivity index (χ0) is 20.6. The fourth-order valence-corrected chi connectivity index (χ4v) is 3.80. The summed E-state index contributed by atoms with van der Waals surface area (Å²) >= 11 is 0. The van der Waals surface area contributed by atoms with Gasteiger partial charge in [0.15, 0.2) is 19.0 Å². The third-order valence-electron chi connectivity index (χ3n) is 5.29. The number of Topliss-reactive ketones (excluding diaryl/α,β-unsaturated/α-hetero) is 1. The summed E-state index contributed by atoms with van der Waals surface area (Å²) < 4.78 is 10.2. The van der Waals surface area contributed by atoms with Crippen LogP contribution in [0.25, 0.3) is 0 Å². The van der Waals surface area contributed by atoms with Crippen LogP contribution in [0.5, 0.6) is 5.75 Å². The molecule has 0 atom stereocenters. The number of carbonyl (C=O) groups is 5. The molecule has 4 rings (SSSR count). The van der Waals surface area contributed by atoms with Crippen molar-refractivity contribution in [3.63, 3.8) is 0 Å². The van der Waals surface area contributed by atoms with Crippen LogP contribution in [0, 0.1) is 0 Å². The van der Waals surface area contributed by atoms with E-state index < -0.39 is 42.4 Å². The Morgan fingerprint density at radius 1 is 1.17 bits per heavy atom. The molecule has 2 aliphatic heterocycles. The van der Waals surface area contributed by atoms with Gasteiger partial charge in [-0.15, -0.1) is 0 Å². The van der Waals surface area contributed by atoms with Crippen LogP contribution in [0.4, 0.5) is 10.5 Å². The van der Waals surface area contributed by atoms with Gasteiger partial charge in [-0.25, -0.2) is 4.79 Å². The van der Waals surface area contributed by atoms with Crippen LogP contribution in [-0.4, -0.2) is 59.8 Å². The van der Waals surface area contributed by atoms with Crippen molar-refractivity contribution in [2.75, 3.05) is 25.1 Å². The topological polar surface area (TPSA) is 131 Å². The molecule has 0 aromatic heterocycles. The fraction of sp³-hybridized carbons (Fsp3) is 0.421. The van der Waals surface area contributed by atoms with Crippen molar-refractivity contribution in [3.05, 3.63) is 23.8 Å². The number of ketones is 1. The zero-order valence-corrected chi connectivity index (χ0v) is 15.5. The molecule has 2 heterocycles. The van der Waals surface area contributed by atoms with Gasteiger partial charge in [-0.1, -0.05) is 12.8 Å². The van der Waals surface area contributed by atoms with Crippen molar-refractivity contribution < 1.29 is 33.4 Å². The van der Waals surface area contributed by atoms with Crippen molar-refractivity contribution in [2.24, 2.45) is 0 Å². The van der Waals surface area contributed by atoms with Crippen LogP contribution >= 0.6 is 0 Å². The maximum Gasteiger partial charge on any atom is 0.326 e. The fourth-order valence-electron chi connectivity index (χ4n) is 3.80. The Balaban J connectivity index is 1.33. The number of anilines is 1. The van der Waals surface area contributed by atoms with E-state index >= 15 is 0 Å². The lowest BCUT2D eigenvalue weighted by Gasteiger charge is -2.19. The summed E-state index contributed by atoms with van der Waals surface area (Å²) in [5.41, 5.74) is -0.315. The number of nitrogens with zero attached hydrogens (tertiary/aromatic N) is 1. The number of esters is 1. The van der Waals surface area contributed by atoms with Gasteiger partial charge in [0.2, 0.25) is 0 Å². The number of benzene rings is 1. The molecular formula is C19H19N3O7. The van der Waals surface area contributed by atoms with E-state index in [2.05, 4.69) is 10.6 Å². The number of urea groups is 1. The summed E-state index contributed by atoms with van der Waals surface area (Å²) in [4.78, 5) is 61.2. The largest absolute Gasteiger partial charge is 0.482 e. The van der Waals surface area contributed by atoms with E-state index in [9.17, 15) is 24.0 Å². The first-order valence-corrected chi connectivity index (χ1v) is 9.28. The SMILES string of the molecule is O=C1COc2ccc(C(=O)COC(=O)CN3C(=O)NC4(CCCC4)C3=O)cc2N1. The maximum atomic E-state index is 12.5. The number of nitrogens with one attached hydrogen (secondary N) is 2. The Hall–Kier alpha value is -3.43. The molecule has 1 saturated heterocycles. The molecular weight excluding hydrogens is 382 g/mol. The Morgan fingerprint density at radius 2 is 1.93 bits per heavy atom. The van der Waals surface area contributed by atoms with E-state index in [-0.39, 0.29) is 18.1 Å². The van der Waals surface area contributed by atoms with Gasteiger partial charge in [-0.05, 0) is 31.0 Å². The molecule has 0 radical (unpaired) electrons. The molecule has 2 N–H and O–H groups in total. The molecule has 3 aliphatic rings. The van der Waals surface area contributed by atoms with Crippen LogP contribution in [0.3, 0.4) is 0 Å². The van der Waals surface area contributed by atoms with E-state index in [4.69, 9.17) is 9.47 Å². The minimum absolute atomic E-state index is 0.0952. The van der Waals surface area contributed by atoms with Gasteiger partial charge < -0.3 is 20.1 Å². The summed E-state index contributed by atoms with van der Waals surface area (Å²) in [6, 6.07) is 3.85. The van der Waals surface area contributed by atoms with E-state index in [0.29, 0.717) is 24.3 Å². The molecule has 1 aromatic carbocycles. The summed E-state index contributed by atoms with van der Waals surface area (Å²) in [6.07, 6.45) is 2.79. The lowest BCUT2D eigenvalue weighted by atomic mass is 9.98. The Labute approximate surface area is 165 Å². The molecule has 1 aromatic rings. The van der Waals surface area contributed by atoms with Crippen molar-refractivity contribution in [3.8, 4) is 5.75 Å². The third-order valence-corrected chi connectivity index (χ3v) is 5.29. The Kier molecular flexibility index (Phi) is 4.69. The van der Waals surface area contributed by atoms with E-state index in [1.54, 1.807) is 0 Å². The van der Waals surface area contributed by atoms with Crippen molar-refractivity contribution >= 4 is 35.3 Å². The zero-order valence-electron chi connectivity index (χ0n) is 15.5. The molecule has 152 valence electrons. The molecule has 1 spiro atoms. The molecule has 0 bridgehead atoms. The van der Waals surface area contributed by atoms with Gasteiger partial charge in [0, 0.05) is 5.56 Å².